The highest BCUT2D eigenvalue weighted by Gasteiger charge is 2.06. The zero-order chi connectivity index (χ0) is 13.5. The highest BCUT2D eigenvalue weighted by molar-refractivity contribution is 14.1. The second kappa shape index (κ2) is 8.02. The summed E-state index contributed by atoms with van der Waals surface area (Å²) in [6.07, 6.45) is 0. The molecule has 0 unspecified atom stereocenters. The molecule has 0 amide bonds. The van der Waals surface area contributed by atoms with Gasteiger partial charge < -0.3 is 0 Å². The van der Waals surface area contributed by atoms with E-state index >= 15 is 0 Å². The maximum atomic E-state index is 3.55. The van der Waals surface area contributed by atoms with Gasteiger partial charge in [-0.05, 0) is 45.9 Å². The number of hydrogen-bond acceptors (Lipinski definition) is 1. The average molecular weight is 430 g/mol. The molecule has 0 aliphatic rings. The van der Waals surface area contributed by atoms with E-state index in [-0.39, 0.29) is 0 Å². The quantitative estimate of drug-likeness (QED) is 0.475. The van der Waals surface area contributed by atoms with Gasteiger partial charge in [-0.25, -0.2) is 0 Å². The third-order valence-corrected chi connectivity index (χ3v) is 4.04. The second-order valence-corrected chi connectivity index (χ2v) is 6.55. The van der Waals surface area contributed by atoms with Crippen molar-refractivity contribution in [2.75, 3.05) is 11.9 Å². The number of alkyl halides is 1. The molecule has 0 spiro atoms. The van der Waals surface area contributed by atoms with E-state index in [1.54, 1.807) is 0 Å². The van der Waals surface area contributed by atoms with Crippen LogP contribution in [0.2, 0.25) is 0 Å². The first-order valence-corrected chi connectivity index (χ1v) is 8.54. The Morgan fingerprint density at radius 3 is 2.00 bits per heavy atom. The van der Waals surface area contributed by atoms with Gasteiger partial charge >= 0.3 is 0 Å². The predicted molar refractivity (Wildman–Crippen MR) is 93.5 cm³/mol. The number of nitrogens with zero attached hydrogens (tertiary/aromatic N) is 1. The summed E-state index contributed by atoms with van der Waals surface area (Å²) in [6, 6.07) is 19.4. The van der Waals surface area contributed by atoms with Crippen LogP contribution in [0.15, 0.2) is 54.6 Å². The van der Waals surface area contributed by atoms with E-state index in [4.69, 9.17) is 0 Å². The van der Waals surface area contributed by atoms with Gasteiger partial charge in [0.15, 0.2) is 0 Å². The molecule has 3 heteroatoms. The molecule has 0 fully saturated rings. The van der Waals surface area contributed by atoms with Crippen LogP contribution >= 0.6 is 38.5 Å². The lowest BCUT2D eigenvalue weighted by atomic mass is 10.1. The van der Waals surface area contributed by atoms with Crippen LogP contribution in [0.25, 0.3) is 0 Å². The Bertz CT molecular complexity index is 484. The first-order valence-electron chi connectivity index (χ1n) is 6.34. The summed E-state index contributed by atoms with van der Waals surface area (Å²) >= 11 is 5.89. The first kappa shape index (κ1) is 15.0. The van der Waals surface area contributed by atoms with E-state index in [2.05, 4.69) is 98.0 Å². The van der Waals surface area contributed by atoms with Crippen molar-refractivity contribution in [1.29, 1.82) is 0 Å². The molecular formula is C16H17BrIN. The van der Waals surface area contributed by atoms with E-state index < -0.39 is 0 Å². The van der Waals surface area contributed by atoms with Gasteiger partial charge in [0.25, 0.3) is 0 Å². The molecule has 2 aromatic carbocycles. The number of rotatable bonds is 6. The first-order chi connectivity index (χ1) is 9.28. The summed E-state index contributed by atoms with van der Waals surface area (Å²) in [4.78, 5) is 2.46. The normalized spacial score (nSPS) is 10.9. The van der Waals surface area contributed by atoms with Crippen LogP contribution in [0, 0.1) is 3.57 Å². The van der Waals surface area contributed by atoms with Gasteiger partial charge in [0, 0.05) is 28.5 Å². The molecule has 100 valence electrons. The molecular weight excluding hydrogens is 413 g/mol. The predicted octanol–water partition coefficient (Wildman–Crippen LogP) is 4.69. The van der Waals surface area contributed by atoms with Gasteiger partial charge in [0.2, 0.25) is 0 Å². The van der Waals surface area contributed by atoms with E-state index in [1.165, 1.54) is 14.7 Å². The van der Waals surface area contributed by atoms with Crippen molar-refractivity contribution in [3.05, 3.63) is 69.3 Å². The van der Waals surface area contributed by atoms with Crippen molar-refractivity contribution in [2.45, 2.75) is 13.1 Å². The molecule has 0 saturated heterocycles. The molecule has 1 nitrogen and oxygen atoms in total. The standard InChI is InChI=1S/C16H17BrIN/c17-10-11-19(12-14-4-2-1-3-5-14)13-15-6-8-16(18)9-7-15/h1-9H,10-13H2. The summed E-state index contributed by atoms with van der Waals surface area (Å²) in [5.41, 5.74) is 2.74. The highest BCUT2D eigenvalue weighted by Crippen LogP contribution is 2.12. The zero-order valence-corrected chi connectivity index (χ0v) is 14.5. The Morgan fingerprint density at radius 2 is 1.42 bits per heavy atom. The summed E-state index contributed by atoms with van der Waals surface area (Å²) in [7, 11) is 0. The van der Waals surface area contributed by atoms with Gasteiger partial charge in [0.1, 0.15) is 0 Å². The van der Waals surface area contributed by atoms with Gasteiger partial charge in [-0.1, -0.05) is 58.4 Å². The van der Waals surface area contributed by atoms with E-state index in [9.17, 15) is 0 Å². The SMILES string of the molecule is BrCCN(Cc1ccccc1)Cc1ccc(I)cc1. The highest BCUT2D eigenvalue weighted by atomic mass is 127. The van der Waals surface area contributed by atoms with Crippen LogP contribution in [0.1, 0.15) is 11.1 Å². The van der Waals surface area contributed by atoms with Crippen LogP contribution in [-0.2, 0) is 13.1 Å². The smallest absolute Gasteiger partial charge is 0.0237 e. The van der Waals surface area contributed by atoms with Crippen molar-refractivity contribution in [3.8, 4) is 0 Å². The maximum absolute atomic E-state index is 3.55. The minimum Gasteiger partial charge on any atom is -0.294 e. The lowest BCUT2D eigenvalue weighted by Crippen LogP contribution is -2.24. The van der Waals surface area contributed by atoms with Crippen LogP contribution in [-0.4, -0.2) is 16.8 Å². The molecule has 2 aromatic rings. The molecule has 0 N–H and O–H groups in total. The minimum atomic E-state index is 0.997. The summed E-state index contributed by atoms with van der Waals surface area (Å²) in [5.74, 6) is 0. The zero-order valence-electron chi connectivity index (χ0n) is 10.7. The maximum Gasteiger partial charge on any atom is 0.0237 e. The Balaban J connectivity index is 2.01. The third kappa shape index (κ3) is 5.24. The Morgan fingerprint density at radius 1 is 0.842 bits per heavy atom. The monoisotopic (exact) mass is 429 g/mol. The minimum absolute atomic E-state index is 0.997. The molecule has 0 bridgehead atoms. The molecule has 0 atom stereocenters. The van der Waals surface area contributed by atoms with Crippen LogP contribution < -0.4 is 0 Å². The molecule has 0 saturated carbocycles. The van der Waals surface area contributed by atoms with Crippen molar-refractivity contribution < 1.29 is 0 Å². The van der Waals surface area contributed by atoms with Crippen molar-refractivity contribution in [3.63, 3.8) is 0 Å². The van der Waals surface area contributed by atoms with Crippen LogP contribution in [0.3, 0.4) is 0 Å². The topological polar surface area (TPSA) is 3.24 Å². The lowest BCUT2D eigenvalue weighted by Gasteiger charge is -2.21. The molecule has 19 heavy (non-hydrogen) atoms. The van der Waals surface area contributed by atoms with E-state index in [0.29, 0.717) is 0 Å². The molecule has 2 rings (SSSR count). The molecule has 0 aliphatic heterocycles. The summed E-state index contributed by atoms with van der Waals surface area (Å²) in [6.45, 7) is 3.05. The molecule has 0 aliphatic carbocycles. The number of hydrogen-bond donors (Lipinski definition) is 0. The van der Waals surface area contributed by atoms with Crippen molar-refractivity contribution in [1.82, 2.24) is 4.90 Å². The van der Waals surface area contributed by atoms with Crippen molar-refractivity contribution >= 4 is 38.5 Å². The third-order valence-electron chi connectivity index (χ3n) is 2.97. The van der Waals surface area contributed by atoms with Gasteiger partial charge in [-0.15, -0.1) is 0 Å². The van der Waals surface area contributed by atoms with Crippen LogP contribution in [0.4, 0.5) is 0 Å². The fourth-order valence-electron chi connectivity index (χ4n) is 2.02. The molecule has 0 heterocycles. The lowest BCUT2D eigenvalue weighted by molar-refractivity contribution is 0.274. The van der Waals surface area contributed by atoms with Gasteiger partial charge in [-0.3, -0.25) is 4.90 Å². The van der Waals surface area contributed by atoms with Crippen molar-refractivity contribution in [2.24, 2.45) is 0 Å². The second-order valence-electron chi connectivity index (χ2n) is 4.51. The van der Waals surface area contributed by atoms with E-state index in [0.717, 1.165) is 25.0 Å². The van der Waals surface area contributed by atoms with Crippen LogP contribution in [0.5, 0.6) is 0 Å². The Labute approximate surface area is 137 Å². The number of halogens is 2. The number of benzene rings is 2. The van der Waals surface area contributed by atoms with Gasteiger partial charge in [0.05, 0.1) is 0 Å². The van der Waals surface area contributed by atoms with Gasteiger partial charge in [-0.2, -0.15) is 0 Å². The Hall–Kier alpha value is -0.390. The summed E-state index contributed by atoms with van der Waals surface area (Å²) < 4.78 is 1.29. The average Bonchev–Trinajstić information content (AvgIpc) is 2.43. The summed E-state index contributed by atoms with van der Waals surface area (Å²) in [5, 5.41) is 1.00. The largest absolute Gasteiger partial charge is 0.294 e. The fraction of sp³-hybridized carbons (Fsp3) is 0.250. The molecule has 0 aromatic heterocycles. The molecule has 0 radical (unpaired) electrons. The fourth-order valence-corrected chi connectivity index (χ4v) is 2.88. The van der Waals surface area contributed by atoms with E-state index in [1.807, 2.05) is 0 Å². The Kier molecular flexibility index (Phi) is 6.34.